The van der Waals surface area contributed by atoms with Crippen LogP contribution < -0.4 is 4.90 Å². The lowest BCUT2D eigenvalue weighted by Crippen LogP contribution is -2.43. The molecule has 36 heavy (non-hydrogen) atoms. The van der Waals surface area contributed by atoms with Gasteiger partial charge in [0.05, 0.1) is 35.2 Å². The monoisotopic (exact) mass is 504 g/mol. The summed E-state index contributed by atoms with van der Waals surface area (Å²) in [7, 11) is -3.71. The van der Waals surface area contributed by atoms with Crippen molar-refractivity contribution < 1.29 is 8.42 Å². The molecule has 1 aliphatic heterocycles. The highest BCUT2D eigenvalue weighted by Crippen LogP contribution is 2.36. The quantitative estimate of drug-likeness (QED) is 0.375. The number of fused-ring (bicyclic) bond motifs is 2. The molecule has 6 rings (SSSR count). The number of benzene rings is 2. The third-order valence-corrected chi connectivity index (χ3v) is 9.64. The minimum absolute atomic E-state index is 0.0602. The van der Waals surface area contributed by atoms with Gasteiger partial charge in [-0.25, -0.2) is 13.4 Å². The number of hydrogen-bond acceptors (Lipinski definition) is 5. The third-order valence-electron chi connectivity index (χ3n) is 7.83. The maximum absolute atomic E-state index is 14.0. The number of aromatic amines is 2. The molecule has 188 valence electrons. The number of nitrogens with zero attached hydrogens (tertiary/aromatic N) is 4. The van der Waals surface area contributed by atoms with Crippen molar-refractivity contribution in [2.24, 2.45) is 5.92 Å². The summed E-state index contributed by atoms with van der Waals surface area (Å²) in [6.45, 7) is 1.46. The van der Waals surface area contributed by atoms with Crippen LogP contribution in [0.5, 0.6) is 0 Å². The summed E-state index contributed by atoms with van der Waals surface area (Å²) >= 11 is 0. The minimum Gasteiger partial charge on any atom is -0.361 e. The van der Waals surface area contributed by atoms with Crippen LogP contribution in [0.4, 0.5) is 5.69 Å². The Morgan fingerprint density at radius 2 is 1.89 bits per heavy atom. The van der Waals surface area contributed by atoms with E-state index in [1.807, 2.05) is 18.3 Å². The summed E-state index contributed by atoms with van der Waals surface area (Å²) in [5.41, 5.74) is 3.98. The Bertz CT molecular complexity index is 1430. The largest absolute Gasteiger partial charge is 0.361 e. The second-order valence-electron chi connectivity index (χ2n) is 10.1. The summed E-state index contributed by atoms with van der Waals surface area (Å²) in [5, 5.41) is 7.75. The van der Waals surface area contributed by atoms with E-state index in [0.717, 1.165) is 46.6 Å². The van der Waals surface area contributed by atoms with E-state index in [9.17, 15) is 8.42 Å². The molecule has 2 N–H and O–H groups in total. The number of anilines is 1. The smallest absolute Gasteiger partial charge is 0.243 e. The summed E-state index contributed by atoms with van der Waals surface area (Å²) < 4.78 is 29.7. The topological polar surface area (TPSA) is 98.0 Å². The summed E-state index contributed by atoms with van der Waals surface area (Å²) in [6.07, 6.45) is 12.5. The van der Waals surface area contributed by atoms with Gasteiger partial charge in [-0.1, -0.05) is 43.9 Å². The van der Waals surface area contributed by atoms with Crippen molar-refractivity contribution in [2.75, 3.05) is 11.4 Å². The highest BCUT2D eigenvalue weighted by Gasteiger charge is 2.35. The van der Waals surface area contributed by atoms with E-state index in [1.54, 1.807) is 35.0 Å². The van der Waals surface area contributed by atoms with Crippen LogP contribution in [-0.4, -0.2) is 45.5 Å². The van der Waals surface area contributed by atoms with Gasteiger partial charge in [-0.2, -0.15) is 9.40 Å². The lowest BCUT2D eigenvalue weighted by Gasteiger charge is -2.34. The highest BCUT2D eigenvalue weighted by atomic mass is 32.2. The van der Waals surface area contributed by atoms with Gasteiger partial charge in [0.2, 0.25) is 10.0 Å². The van der Waals surface area contributed by atoms with Crippen molar-refractivity contribution in [3.63, 3.8) is 0 Å². The molecule has 1 atom stereocenters. The van der Waals surface area contributed by atoms with Crippen LogP contribution in [0.15, 0.2) is 66.1 Å². The number of hydrogen-bond donors (Lipinski definition) is 2. The van der Waals surface area contributed by atoms with Crippen LogP contribution in [0.2, 0.25) is 0 Å². The standard InChI is InChI=1S/C27H32N6O2S/c34-36(35,25-11-12-26-22(13-25)14-30-31-26)32-16-21-7-3-4-8-27(21)33(17-23-15-28-19-29-23)24(18-32)10-9-20-5-1-2-6-20/h3-4,7-8,11-15,19-20,24H,1-2,5-6,9-10,16-18H2,(H,28,29)(H,30,31)/t24-/m0/s1. The average Bonchev–Trinajstić information content (AvgIpc) is 3.66. The van der Waals surface area contributed by atoms with Gasteiger partial charge in [-0.3, -0.25) is 5.10 Å². The first kappa shape index (κ1) is 23.2. The van der Waals surface area contributed by atoms with Gasteiger partial charge in [0, 0.05) is 36.4 Å². The molecule has 9 heteroatoms. The first-order valence-corrected chi connectivity index (χ1v) is 14.3. The van der Waals surface area contributed by atoms with E-state index in [0.29, 0.717) is 24.5 Å². The zero-order chi connectivity index (χ0) is 24.5. The molecule has 0 spiro atoms. The number of aromatic nitrogens is 4. The molecule has 0 unspecified atom stereocenters. The van der Waals surface area contributed by atoms with Gasteiger partial charge in [0.25, 0.3) is 0 Å². The highest BCUT2D eigenvalue weighted by molar-refractivity contribution is 7.89. The molecule has 2 aromatic carbocycles. The van der Waals surface area contributed by atoms with Crippen molar-refractivity contribution in [2.45, 2.75) is 62.6 Å². The van der Waals surface area contributed by atoms with Crippen molar-refractivity contribution in [3.05, 3.63) is 72.4 Å². The average molecular weight is 505 g/mol. The molecule has 1 saturated carbocycles. The molecule has 8 nitrogen and oxygen atoms in total. The maximum Gasteiger partial charge on any atom is 0.243 e. The Morgan fingerprint density at radius 1 is 1.03 bits per heavy atom. The van der Waals surface area contributed by atoms with E-state index in [1.165, 1.54) is 25.7 Å². The molecule has 0 saturated heterocycles. The Hall–Kier alpha value is -3.17. The van der Waals surface area contributed by atoms with E-state index in [2.05, 4.69) is 37.2 Å². The Kier molecular flexibility index (Phi) is 6.27. The predicted octanol–water partition coefficient (Wildman–Crippen LogP) is 4.84. The van der Waals surface area contributed by atoms with Gasteiger partial charge >= 0.3 is 0 Å². The van der Waals surface area contributed by atoms with Crippen molar-refractivity contribution in [3.8, 4) is 0 Å². The van der Waals surface area contributed by atoms with Crippen LogP contribution in [0.1, 0.15) is 49.8 Å². The molecule has 3 heterocycles. The van der Waals surface area contributed by atoms with E-state index in [4.69, 9.17) is 0 Å². The minimum atomic E-state index is -3.71. The lowest BCUT2D eigenvalue weighted by molar-refractivity contribution is 0.350. The van der Waals surface area contributed by atoms with Crippen molar-refractivity contribution >= 4 is 26.6 Å². The Labute approximate surface area is 211 Å². The summed E-state index contributed by atoms with van der Waals surface area (Å²) in [5.74, 6) is 0.742. The fraction of sp³-hybridized carbons (Fsp3) is 0.407. The molecule has 0 radical (unpaired) electrons. The molecule has 0 amide bonds. The van der Waals surface area contributed by atoms with Crippen molar-refractivity contribution in [1.29, 1.82) is 0 Å². The predicted molar refractivity (Wildman–Crippen MR) is 140 cm³/mol. The van der Waals surface area contributed by atoms with Crippen LogP contribution in [0.3, 0.4) is 0 Å². The third kappa shape index (κ3) is 4.53. The second-order valence-corrected chi connectivity index (χ2v) is 12.1. The molecule has 1 aliphatic carbocycles. The Balaban J connectivity index is 1.37. The van der Waals surface area contributed by atoms with Crippen LogP contribution in [-0.2, 0) is 23.1 Å². The molecular formula is C27H32N6O2S. The van der Waals surface area contributed by atoms with E-state index < -0.39 is 10.0 Å². The second kappa shape index (κ2) is 9.71. The normalized spacial score (nSPS) is 19.6. The SMILES string of the molecule is O=S(=O)(c1ccc2[nH]ncc2c1)N1Cc2ccccc2N(Cc2cnc[nH]2)[C@@H](CCC2CCCC2)C1. The zero-order valence-corrected chi connectivity index (χ0v) is 21.1. The number of para-hydroxylation sites is 1. The van der Waals surface area contributed by atoms with E-state index in [-0.39, 0.29) is 6.04 Å². The fourth-order valence-electron chi connectivity index (χ4n) is 5.87. The Morgan fingerprint density at radius 3 is 2.72 bits per heavy atom. The number of imidazole rings is 1. The lowest BCUT2D eigenvalue weighted by atomic mass is 9.97. The van der Waals surface area contributed by atoms with Gasteiger partial charge in [0.1, 0.15) is 0 Å². The number of rotatable bonds is 7. The summed E-state index contributed by atoms with van der Waals surface area (Å²) in [4.78, 5) is 10.2. The van der Waals surface area contributed by atoms with Gasteiger partial charge in [-0.15, -0.1) is 0 Å². The zero-order valence-electron chi connectivity index (χ0n) is 20.3. The molecule has 2 aliphatic rings. The van der Waals surface area contributed by atoms with Crippen LogP contribution in [0, 0.1) is 5.92 Å². The summed E-state index contributed by atoms with van der Waals surface area (Å²) in [6, 6.07) is 13.5. The van der Waals surface area contributed by atoms with Crippen LogP contribution in [0.25, 0.3) is 10.9 Å². The van der Waals surface area contributed by atoms with Gasteiger partial charge in [-0.05, 0) is 48.6 Å². The van der Waals surface area contributed by atoms with Gasteiger partial charge < -0.3 is 9.88 Å². The first-order chi connectivity index (χ1) is 17.6. The first-order valence-electron chi connectivity index (χ1n) is 12.8. The van der Waals surface area contributed by atoms with Gasteiger partial charge in [0.15, 0.2) is 0 Å². The van der Waals surface area contributed by atoms with Crippen LogP contribution >= 0.6 is 0 Å². The maximum atomic E-state index is 14.0. The number of nitrogens with one attached hydrogen (secondary N) is 2. The number of sulfonamides is 1. The fourth-order valence-corrected chi connectivity index (χ4v) is 7.36. The molecular weight excluding hydrogens is 472 g/mol. The molecule has 2 aromatic heterocycles. The number of H-pyrrole nitrogens is 2. The molecule has 1 fully saturated rings. The van der Waals surface area contributed by atoms with E-state index >= 15 is 0 Å². The molecule has 0 bridgehead atoms. The van der Waals surface area contributed by atoms with Crippen molar-refractivity contribution in [1.82, 2.24) is 24.5 Å². The molecule has 4 aromatic rings.